The van der Waals surface area contributed by atoms with Gasteiger partial charge in [0.2, 0.25) is 0 Å². The summed E-state index contributed by atoms with van der Waals surface area (Å²) in [7, 11) is 0. The monoisotopic (exact) mass is 231 g/mol. The van der Waals surface area contributed by atoms with Gasteiger partial charge < -0.3 is 10.2 Å². The topological polar surface area (TPSA) is 43.7 Å². The highest BCUT2D eigenvalue weighted by Gasteiger charge is 2.11. The van der Waals surface area contributed by atoms with Gasteiger partial charge in [0.1, 0.15) is 0 Å². The van der Waals surface area contributed by atoms with E-state index in [1.807, 2.05) is 0 Å². The minimum atomic E-state index is -0.884. The molecule has 0 spiro atoms. The fourth-order valence-corrected chi connectivity index (χ4v) is 1.46. The minimum absolute atomic E-state index is 0.0864. The molecule has 0 aromatic heterocycles. The molecule has 1 rings (SSSR count). The summed E-state index contributed by atoms with van der Waals surface area (Å²) >= 11 is 0. The molecule has 2 N–H and O–H groups in total. The first kappa shape index (κ1) is 13.0. The molecule has 0 unspecified atom stereocenters. The van der Waals surface area contributed by atoms with Crippen LogP contribution in [0.5, 0.6) is 0 Å². The van der Waals surface area contributed by atoms with E-state index in [1.165, 1.54) is 12.1 Å². The maximum atomic E-state index is 13.3. The molecule has 3 nitrogen and oxygen atoms in total. The fourth-order valence-electron chi connectivity index (χ4n) is 1.46. The first-order chi connectivity index (χ1) is 7.69. The average Bonchev–Trinajstić information content (AvgIpc) is 2.25. The predicted molar refractivity (Wildman–Crippen MR) is 55.8 cm³/mol. The second kappa shape index (κ2) is 6.52. The van der Waals surface area contributed by atoms with Crippen LogP contribution in [0.4, 0.5) is 8.78 Å². The Morgan fingerprint density at radius 3 is 2.25 bits per heavy atom. The van der Waals surface area contributed by atoms with Crippen LogP contribution in [-0.4, -0.2) is 41.4 Å². The third kappa shape index (κ3) is 3.52. The van der Waals surface area contributed by atoms with Gasteiger partial charge in [0.25, 0.3) is 0 Å². The number of rotatable bonds is 6. The van der Waals surface area contributed by atoms with Crippen LogP contribution in [0.1, 0.15) is 5.56 Å². The van der Waals surface area contributed by atoms with Crippen LogP contribution in [0.2, 0.25) is 0 Å². The number of nitrogens with zero attached hydrogens (tertiary/aromatic N) is 1. The highest BCUT2D eigenvalue weighted by Crippen LogP contribution is 2.13. The average molecular weight is 231 g/mol. The van der Waals surface area contributed by atoms with Gasteiger partial charge in [0.15, 0.2) is 11.6 Å². The van der Waals surface area contributed by atoms with Gasteiger partial charge in [0, 0.05) is 25.2 Å². The Bertz CT molecular complexity index is 328. The van der Waals surface area contributed by atoms with E-state index < -0.39 is 11.6 Å². The third-order valence-electron chi connectivity index (χ3n) is 2.26. The van der Waals surface area contributed by atoms with Gasteiger partial charge in [0.05, 0.1) is 13.2 Å². The number of hydrogen-bond donors (Lipinski definition) is 2. The summed E-state index contributed by atoms with van der Waals surface area (Å²) in [6.07, 6.45) is 0. The molecule has 0 bridgehead atoms. The zero-order valence-electron chi connectivity index (χ0n) is 8.87. The van der Waals surface area contributed by atoms with Crippen LogP contribution in [-0.2, 0) is 6.54 Å². The second-order valence-corrected chi connectivity index (χ2v) is 3.44. The Balaban J connectivity index is 2.72. The van der Waals surface area contributed by atoms with Crippen LogP contribution >= 0.6 is 0 Å². The molecule has 0 atom stereocenters. The third-order valence-corrected chi connectivity index (χ3v) is 2.26. The van der Waals surface area contributed by atoms with Crippen molar-refractivity contribution in [3.8, 4) is 0 Å². The van der Waals surface area contributed by atoms with Crippen LogP contribution in [0.25, 0.3) is 0 Å². The number of halogens is 2. The van der Waals surface area contributed by atoms with Crippen LogP contribution in [0, 0.1) is 11.6 Å². The maximum absolute atomic E-state index is 13.3. The normalized spacial score (nSPS) is 11.1. The molecular formula is C11H15F2NO2. The van der Waals surface area contributed by atoms with Gasteiger partial charge in [-0.25, -0.2) is 8.78 Å². The smallest absolute Gasteiger partial charge is 0.163 e. The molecule has 0 saturated carbocycles. The number of hydrogen-bond acceptors (Lipinski definition) is 3. The Labute approximate surface area is 92.9 Å². The molecule has 0 saturated heterocycles. The molecule has 16 heavy (non-hydrogen) atoms. The fraction of sp³-hybridized carbons (Fsp3) is 0.455. The van der Waals surface area contributed by atoms with Crippen LogP contribution in [0.15, 0.2) is 18.2 Å². The lowest BCUT2D eigenvalue weighted by Gasteiger charge is -2.20. The predicted octanol–water partition coefficient (Wildman–Crippen LogP) is 0.751. The summed E-state index contributed by atoms with van der Waals surface area (Å²) in [4.78, 5) is 1.65. The lowest BCUT2D eigenvalue weighted by molar-refractivity contribution is 0.154. The molecule has 1 aromatic carbocycles. The molecular weight excluding hydrogens is 216 g/mol. The minimum Gasteiger partial charge on any atom is -0.395 e. The first-order valence-electron chi connectivity index (χ1n) is 5.06. The molecule has 90 valence electrons. The molecule has 0 amide bonds. The summed E-state index contributed by atoms with van der Waals surface area (Å²) in [6, 6.07) is 3.98. The number of aliphatic hydroxyl groups excluding tert-OH is 2. The van der Waals surface area contributed by atoms with E-state index in [0.717, 1.165) is 6.07 Å². The first-order valence-corrected chi connectivity index (χ1v) is 5.06. The summed E-state index contributed by atoms with van der Waals surface area (Å²) in [6.45, 7) is 0.631. The lowest BCUT2D eigenvalue weighted by atomic mass is 10.2. The van der Waals surface area contributed by atoms with Crippen molar-refractivity contribution in [1.29, 1.82) is 0 Å². The number of aliphatic hydroxyl groups is 2. The molecule has 5 heteroatoms. The Hall–Kier alpha value is -1.04. The summed E-state index contributed by atoms with van der Waals surface area (Å²) in [5.41, 5.74) is 0.224. The van der Waals surface area contributed by atoms with Gasteiger partial charge in [-0.2, -0.15) is 0 Å². The van der Waals surface area contributed by atoms with Crippen molar-refractivity contribution in [1.82, 2.24) is 4.90 Å². The Morgan fingerprint density at radius 1 is 1.06 bits per heavy atom. The molecule has 1 aromatic rings. The van der Waals surface area contributed by atoms with E-state index in [1.54, 1.807) is 4.90 Å². The van der Waals surface area contributed by atoms with Gasteiger partial charge in [-0.3, -0.25) is 4.90 Å². The quantitative estimate of drug-likeness (QED) is 0.759. The van der Waals surface area contributed by atoms with Crippen molar-refractivity contribution >= 4 is 0 Å². The van der Waals surface area contributed by atoms with Crippen molar-refractivity contribution < 1.29 is 19.0 Å². The summed E-state index contributed by atoms with van der Waals surface area (Å²) in [5.74, 6) is -1.76. The Kier molecular flexibility index (Phi) is 5.31. The van der Waals surface area contributed by atoms with E-state index in [2.05, 4.69) is 0 Å². The summed E-state index contributed by atoms with van der Waals surface area (Å²) in [5, 5.41) is 17.5. The zero-order valence-corrected chi connectivity index (χ0v) is 8.87. The van der Waals surface area contributed by atoms with Crippen molar-refractivity contribution in [2.24, 2.45) is 0 Å². The van der Waals surface area contributed by atoms with Gasteiger partial charge in [-0.15, -0.1) is 0 Å². The van der Waals surface area contributed by atoms with Gasteiger partial charge >= 0.3 is 0 Å². The van der Waals surface area contributed by atoms with E-state index in [9.17, 15) is 8.78 Å². The Morgan fingerprint density at radius 2 is 1.69 bits per heavy atom. The lowest BCUT2D eigenvalue weighted by Crippen LogP contribution is -2.29. The molecule has 0 radical (unpaired) electrons. The van der Waals surface area contributed by atoms with Crippen LogP contribution < -0.4 is 0 Å². The van der Waals surface area contributed by atoms with Crippen molar-refractivity contribution in [2.75, 3.05) is 26.3 Å². The van der Waals surface area contributed by atoms with E-state index >= 15 is 0 Å². The maximum Gasteiger partial charge on any atom is 0.163 e. The standard InChI is InChI=1S/C11H15F2NO2/c12-10-3-1-2-9(11(10)13)8-14(4-6-15)5-7-16/h1-3,15-16H,4-8H2. The van der Waals surface area contributed by atoms with E-state index in [4.69, 9.17) is 10.2 Å². The van der Waals surface area contributed by atoms with Crippen molar-refractivity contribution in [3.63, 3.8) is 0 Å². The van der Waals surface area contributed by atoms with E-state index in [-0.39, 0.29) is 25.3 Å². The molecule has 0 aliphatic carbocycles. The van der Waals surface area contributed by atoms with Crippen molar-refractivity contribution in [3.05, 3.63) is 35.4 Å². The largest absolute Gasteiger partial charge is 0.395 e. The zero-order chi connectivity index (χ0) is 12.0. The molecule has 0 aliphatic rings. The molecule has 0 aliphatic heterocycles. The van der Waals surface area contributed by atoms with Crippen LogP contribution in [0.3, 0.4) is 0 Å². The second-order valence-electron chi connectivity index (χ2n) is 3.44. The number of benzene rings is 1. The van der Waals surface area contributed by atoms with E-state index in [0.29, 0.717) is 13.1 Å². The highest BCUT2D eigenvalue weighted by atomic mass is 19.2. The van der Waals surface area contributed by atoms with Crippen molar-refractivity contribution in [2.45, 2.75) is 6.54 Å². The van der Waals surface area contributed by atoms with Gasteiger partial charge in [-0.05, 0) is 6.07 Å². The SMILES string of the molecule is OCCN(CCO)Cc1cccc(F)c1F. The summed E-state index contributed by atoms with van der Waals surface area (Å²) < 4.78 is 26.2. The highest BCUT2D eigenvalue weighted by molar-refractivity contribution is 5.18. The van der Waals surface area contributed by atoms with Gasteiger partial charge in [-0.1, -0.05) is 12.1 Å². The molecule has 0 fully saturated rings. The molecule has 0 heterocycles.